The summed E-state index contributed by atoms with van der Waals surface area (Å²) in [6, 6.07) is 12.8. The number of rotatable bonds is 6. The third kappa shape index (κ3) is 4.45. The maximum absolute atomic E-state index is 12.6. The van der Waals surface area contributed by atoms with Crippen LogP contribution in [0.1, 0.15) is 35.7 Å². The van der Waals surface area contributed by atoms with Gasteiger partial charge in [-0.15, -0.1) is 0 Å². The zero-order valence-corrected chi connectivity index (χ0v) is 15.1. The smallest absolute Gasteiger partial charge is 0.253 e. The van der Waals surface area contributed by atoms with Crippen molar-refractivity contribution in [1.82, 2.24) is 4.90 Å². The van der Waals surface area contributed by atoms with Crippen molar-refractivity contribution in [3.05, 3.63) is 58.6 Å². The van der Waals surface area contributed by atoms with Crippen LogP contribution in [0.5, 0.6) is 11.5 Å². The predicted octanol–water partition coefficient (Wildman–Crippen LogP) is 4.55. The first-order chi connectivity index (χ1) is 12.2. The zero-order valence-electron chi connectivity index (χ0n) is 14.3. The van der Waals surface area contributed by atoms with E-state index >= 15 is 0 Å². The van der Waals surface area contributed by atoms with Crippen LogP contribution in [-0.4, -0.2) is 30.5 Å². The lowest BCUT2D eigenvalue weighted by Gasteiger charge is -2.17. The highest BCUT2D eigenvalue weighted by molar-refractivity contribution is 6.30. The van der Waals surface area contributed by atoms with Crippen molar-refractivity contribution >= 4 is 17.5 Å². The number of carbonyl (C=O) groups is 1. The molecule has 0 atom stereocenters. The highest BCUT2D eigenvalue weighted by Crippen LogP contribution is 2.25. The molecule has 3 rings (SSSR count). The lowest BCUT2D eigenvalue weighted by molar-refractivity contribution is 0.0792. The lowest BCUT2D eigenvalue weighted by Crippen LogP contribution is -2.27. The Bertz CT molecular complexity index is 724. The van der Waals surface area contributed by atoms with Crippen LogP contribution < -0.4 is 9.47 Å². The van der Waals surface area contributed by atoms with E-state index in [4.69, 9.17) is 21.1 Å². The fourth-order valence-electron chi connectivity index (χ4n) is 2.92. The van der Waals surface area contributed by atoms with Crippen molar-refractivity contribution in [2.75, 3.05) is 19.7 Å². The first-order valence-electron chi connectivity index (χ1n) is 8.60. The number of ether oxygens (including phenoxy) is 2. The molecule has 4 nitrogen and oxygen atoms in total. The van der Waals surface area contributed by atoms with E-state index in [1.807, 2.05) is 42.2 Å². The molecule has 2 aromatic carbocycles. The molecule has 132 valence electrons. The van der Waals surface area contributed by atoms with Gasteiger partial charge in [-0.2, -0.15) is 0 Å². The van der Waals surface area contributed by atoms with Gasteiger partial charge in [-0.05, 0) is 62.2 Å². The molecule has 1 saturated heterocycles. The standard InChI is InChI=1S/C20H22ClNO3/c1-2-24-19-10-5-15(20(23)22-11-3-4-12-22)13-16(19)14-25-18-8-6-17(21)7-9-18/h5-10,13H,2-4,11-12,14H2,1H3. The Labute approximate surface area is 153 Å². The Kier molecular flexibility index (Phi) is 5.82. The molecule has 1 aliphatic rings. The zero-order chi connectivity index (χ0) is 17.6. The number of carbonyl (C=O) groups excluding carboxylic acids is 1. The molecule has 1 fully saturated rings. The molecule has 0 radical (unpaired) electrons. The minimum Gasteiger partial charge on any atom is -0.493 e. The fraction of sp³-hybridized carbons (Fsp3) is 0.350. The molecular weight excluding hydrogens is 338 g/mol. The molecule has 0 saturated carbocycles. The van der Waals surface area contributed by atoms with Gasteiger partial charge < -0.3 is 14.4 Å². The monoisotopic (exact) mass is 359 g/mol. The van der Waals surface area contributed by atoms with Gasteiger partial charge in [0.2, 0.25) is 0 Å². The van der Waals surface area contributed by atoms with Gasteiger partial charge in [-0.1, -0.05) is 11.6 Å². The largest absolute Gasteiger partial charge is 0.493 e. The fourth-order valence-corrected chi connectivity index (χ4v) is 3.04. The number of benzene rings is 2. The summed E-state index contributed by atoms with van der Waals surface area (Å²) in [7, 11) is 0. The van der Waals surface area contributed by atoms with E-state index in [2.05, 4.69) is 0 Å². The molecule has 0 spiro atoms. The maximum atomic E-state index is 12.6. The highest BCUT2D eigenvalue weighted by Gasteiger charge is 2.20. The van der Waals surface area contributed by atoms with E-state index in [1.54, 1.807) is 12.1 Å². The van der Waals surface area contributed by atoms with Crippen molar-refractivity contribution < 1.29 is 14.3 Å². The first-order valence-corrected chi connectivity index (χ1v) is 8.98. The van der Waals surface area contributed by atoms with E-state index < -0.39 is 0 Å². The number of amides is 1. The molecule has 25 heavy (non-hydrogen) atoms. The Morgan fingerprint density at radius 2 is 1.80 bits per heavy atom. The second kappa shape index (κ2) is 8.26. The number of nitrogens with zero attached hydrogens (tertiary/aromatic N) is 1. The topological polar surface area (TPSA) is 38.8 Å². The normalized spacial score (nSPS) is 13.8. The van der Waals surface area contributed by atoms with Crippen LogP contribution in [0.4, 0.5) is 0 Å². The first kappa shape index (κ1) is 17.6. The van der Waals surface area contributed by atoms with Crippen molar-refractivity contribution in [3.63, 3.8) is 0 Å². The number of hydrogen-bond acceptors (Lipinski definition) is 3. The molecule has 0 N–H and O–H groups in total. The average Bonchev–Trinajstić information content (AvgIpc) is 3.16. The number of hydrogen-bond donors (Lipinski definition) is 0. The van der Waals surface area contributed by atoms with Crippen LogP contribution in [0.2, 0.25) is 5.02 Å². The van der Waals surface area contributed by atoms with Gasteiger partial charge in [0.15, 0.2) is 0 Å². The second-order valence-electron chi connectivity index (χ2n) is 6.00. The molecule has 1 aliphatic heterocycles. The molecule has 1 amide bonds. The molecule has 1 heterocycles. The van der Waals surface area contributed by atoms with Crippen LogP contribution in [0.25, 0.3) is 0 Å². The average molecular weight is 360 g/mol. The van der Waals surface area contributed by atoms with E-state index in [-0.39, 0.29) is 5.91 Å². The van der Waals surface area contributed by atoms with Crippen LogP contribution >= 0.6 is 11.6 Å². The summed E-state index contributed by atoms with van der Waals surface area (Å²) in [5.41, 5.74) is 1.54. The maximum Gasteiger partial charge on any atom is 0.253 e. The predicted molar refractivity (Wildman–Crippen MR) is 98.5 cm³/mol. The Morgan fingerprint density at radius 3 is 2.48 bits per heavy atom. The van der Waals surface area contributed by atoms with E-state index in [1.165, 1.54) is 0 Å². The SMILES string of the molecule is CCOc1ccc(C(=O)N2CCCC2)cc1COc1ccc(Cl)cc1. The molecule has 2 aromatic rings. The van der Waals surface area contributed by atoms with Crippen LogP contribution in [0.15, 0.2) is 42.5 Å². The van der Waals surface area contributed by atoms with Gasteiger partial charge in [0, 0.05) is 29.2 Å². The van der Waals surface area contributed by atoms with Gasteiger partial charge in [0.25, 0.3) is 5.91 Å². The van der Waals surface area contributed by atoms with Crippen molar-refractivity contribution in [1.29, 1.82) is 0 Å². The summed E-state index contributed by atoms with van der Waals surface area (Å²) in [6.45, 7) is 4.50. The third-order valence-electron chi connectivity index (χ3n) is 4.21. The molecule has 0 aliphatic carbocycles. The molecular formula is C20H22ClNO3. The molecule has 0 bridgehead atoms. The van der Waals surface area contributed by atoms with Crippen molar-refractivity contribution in [3.8, 4) is 11.5 Å². The summed E-state index contributed by atoms with van der Waals surface area (Å²) in [4.78, 5) is 14.5. The quantitative estimate of drug-likeness (QED) is 0.759. The van der Waals surface area contributed by atoms with Gasteiger partial charge in [-0.25, -0.2) is 0 Å². The van der Waals surface area contributed by atoms with Crippen LogP contribution in [0, 0.1) is 0 Å². The molecule has 0 aromatic heterocycles. The Morgan fingerprint density at radius 1 is 1.08 bits per heavy atom. The summed E-state index contributed by atoms with van der Waals surface area (Å²) in [6.07, 6.45) is 2.16. The van der Waals surface area contributed by atoms with Gasteiger partial charge >= 0.3 is 0 Å². The number of likely N-dealkylation sites (tertiary alicyclic amines) is 1. The summed E-state index contributed by atoms with van der Waals surface area (Å²) < 4.78 is 11.5. The highest BCUT2D eigenvalue weighted by atomic mass is 35.5. The van der Waals surface area contributed by atoms with E-state index in [9.17, 15) is 4.79 Å². The van der Waals surface area contributed by atoms with E-state index in [0.717, 1.165) is 43.0 Å². The summed E-state index contributed by atoms with van der Waals surface area (Å²) in [5.74, 6) is 1.55. The summed E-state index contributed by atoms with van der Waals surface area (Å²) in [5, 5.41) is 0.667. The Balaban J connectivity index is 1.77. The third-order valence-corrected chi connectivity index (χ3v) is 4.46. The second-order valence-corrected chi connectivity index (χ2v) is 6.43. The Hall–Kier alpha value is -2.20. The van der Waals surface area contributed by atoms with Gasteiger partial charge in [0.05, 0.1) is 6.61 Å². The van der Waals surface area contributed by atoms with Gasteiger partial charge in [0.1, 0.15) is 18.1 Å². The molecule has 0 unspecified atom stereocenters. The minimum absolute atomic E-state index is 0.0771. The number of halogens is 1. The van der Waals surface area contributed by atoms with Crippen LogP contribution in [0.3, 0.4) is 0 Å². The van der Waals surface area contributed by atoms with E-state index in [0.29, 0.717) is 23.8 Å². The van der Waals surface area contributed by atoms with Crippen molar-refractivity contribution in [2.45, 2.75) is 26.4 Å². The lowest BCUT2D eigenvalue weighted by atomic mass is 10.1. The summed E-state index contributed by atoms with van der Waals surface area (Å²) >= 11 is 5.90. The van der Waals surface area contributed by atoms with Crippen molar-refractivity contribution in [2.24, 2.45) is 0 Å². The minimum atomic E-state index is 0.0771. The van der Waals surface area contributed by atoms with Crippen LogP contribution in [-0.2, 0) is 6.61 Å². The molecule has 5 heteroatoms. The van der Waals surface area contributed by atoms with Gasteiger partial charge in [-0.3, -0.25) is 4.79 Å².